The van der Waals surface area contributed by atoms with E-state index in [2.05, 4.69) is 4.98 Å². The highest BCUT2D eigenvalue weighted by molar-refractivity contribution is 7.15. The van der Waals surface area contributed by atoms with Crippen LogP contribution in [0.1, 0.15) is 24.1 Å². The van der Waals surface area contributed by atoms with Crippen LogP contribution in [0.2, 0.25) is 6.82 Å². The summed E-state index contributed by atoms with van der Waals surface area (Å²) in [6, 6.07) is 1.62. The average molecular weight is 219 g/mol. The highest BCUT2D eigenvalue weighted by Crippen LogP contribution is 2.15. The molecule has 2 aromatic heterocycles. The van der Waals surface area contributed by atoms with Crippen LogP contribution in [0.15, 0.2) is 16.2 Å². The molecule has 0 saturated heterocycles. The molecule has 0 fully saturated rings. The quantitative estimate of drug-likeness (QED) is 0.722. The number of aryl methyl sites for hydroxylation is 1. The van der Waals surface area contributed by atoms with Crippen molar-refractivity contribution in [3.8, 4) is 0 Å². The van der Waals surface area contributed by atoms with Gasteiger partial charge in [0, 0.05) is 22.8 Å². The van der Waals surface area contributed by atoms with Crippen molar-refractivity contribution in [3.63, 3.8) is 0 Å². The molecule has 2 rings (SSSR count). The van der Waals surface area contributed by atoms with E-state index in [0.29, 0.717) is 0 Å². The Balaban J connectivity index is 2.69. The molecule has 1 atom stereocenters. The van der Waals surface area contributed by atoms with Crippen LogP contribution in [0, 0.1) is 6.92 Å². The minimum Gasteiger partial charge on any atom is -0.269 e. The van der Waals surface area contributed by atoms with E-state index in [1.54, 1.807) is 10.5 Å². The van der Waals surface area contributed by atoms with Crippen molar-refractivity contribution in [3.05, 3.63) is 33.2 Å². The van der Waals surface area contributed by atoms with E-state index in [-0.39, 0.29) is 11.4 Å². The number of thiazole rings is 1. The van der Waals surface area contributed by atoms with Gasteiger partial charge in [-0.3, -0.25) is 9.20 Å². The molecule has 5 heteroatoms. The normalized spacial score (nSPS) is 13.0. The van der Waals surface area contributed by atoms with Crippen LogP contribution < -0.4 is 5.56 Å². The summed E-state index contributed by atoms with van der Waals surface area (Å²) < 4.78 is 1.65. The van der Waals surface area contributed by atoms with Crippen molar-refractivity contribution < 1.29 is 0 Å². The third-order valence-electron chi connectivity index (χ3n) is 2.56. The van der Waals surface area contributed by atoms with Gasteiger partial charge in [-0.25, -0.2) is 4.98 Å². The maximum absolute atomic E-state index is 11.8. The molecule has 0 spiro atoms. The topological polar surface area (TPSA) is 34.4 Å². The molecule has 0 aliphatic heterocycles. The van der Waals surface area contributed by atoms with E-state index in [9.17, 15) is 4.79 Å². The van der Waals surface area contributed by atoms with E-state index in [1.807, 2.05) is 33.3 Å². The molecule has 0 N–H and O–H groups in total. The van der Waals surface area contributed by atoms with E-state index in [4.69, 9.17) is 0 Å². The molecule has 0 aliphatic rings. The van der Waals surface area contributed by atoms with Crippen LogP contribution in [0.25, 0.3) is 4.96 Å². The van der Waals surface area contributed by atoms with Crippen molar-refractivity contribution in [2.45, 2.75) is 26.5 Å². The fourth-order valence-electron chi connectivity index (χ4n) is 1.48. The summed E-state index contributed by atoms with van der Waals surface area (Å²) in [4.78, 5) is 17.1. The maximum atomic E-state index is 11.8. The van der Waals surface area contributed by atoms with Gasteiger partial charge in [-0.2, -0.15) is 0 Å². The smallest absolute Gasteiger partial charge is 0.258 e. The lowest BCUT2D eigenvalue weighted by Crippen LogP contribution is -2.17. The first-order valence-electron chi connectivity index (χ1n) is 4.90. The molecule has 0 saturated carbocycles. The van der Waals surface area contributed by atoms with Crippen LogP contribution >= 0.6 is 11.3 Å². The van der Waals surface area contributed by atoms with Gasteiger partial charge in [0.05, 0.1) is 0 Å². The molecule has 2 aromatic rings. The predicted molar refractivity (Wildman–Crippen MR) is 64.1 cm³/mol. The standard InChI is InChI=1S/C10H12BN2OS/c1-6-5-15-10-12-8(7(2)11-3)4-9(14)13(6)10/h4-5,7H,1-3H3. The molecule has 1 radical (unpaired) electrons. The molecule has 2 heterocycles. The summed E-state index contributed by atoms with van der Waals surface area (Å²) in [5.74, 6) is 0.227. The van der Waals surface area contributed by atoms with Gasteiger partial charge in [-0.1, -0.05) is 13.7 Å². The molecule has 77 valence electrons. The minimum absolute atomic E-state index is 0.0162. The summed E-state index contributed by atoms with van der Waals surface area (Å²) in [6.07, 6.45) is 0. The maximum Gasteiger partial charge on any atom is 0.258 e. The molecule has 0 bridgehead atoms. The summed E-state index contributed by atoms with van der Waals surface area (Å²) >= 11 is 1.51. The predicted octanol–water partition coefficient (Wildman–Crippen LogP) is 1.88. The van der Waals surface area contributed by atoms with Crippen molar-refractivity contribution in [2.24, 2.45) is 0 Å². The SMILES string of the molecule is C[B]C(C)c1cc(=O)n2c(C)csc2n1. The van der Waals surface area contributed by atoms with Crippen LogP contribution in [0.5, 0.6) is 0 Å². The van der Waals surface area contributed by atoms with Gasteiger partial charge in [-0.15, -0.1) is 11.3 Å². The van der Waals surface area contributed by atoms with Crippen molar-refractivity contribution >= 4 is 23.6 Å². The lowest BCUT2D eigenvalue weighted by Gasteiger charge is -2.06. The zero-order valence-corrected chi connectivity index (χ0v) is 9.84. The van der Waals surface area contributed by atoms with Gasteiger partial charge in [-0.05, 0) is 12.7 Å². The van der Waals surface area contributed by atoms with Crippen molar-refractivity contribution in [2.75, 3.05) is 0 Å². The minimum atomic E-state index is 0.0162. The zero-order chi connectivity index (χ0) is 11.0. The number of hydrogen-bond donors (Lipinski definition) is 0. The molecular weight excluding hydrogens is 207 g/mol. The molecule has 15 heavy (non-hydrogen) atoms. The van der Waals surface area contributed by atoms with Crippen molar-refractivity contribution in [1.29, 1.82) is 0 Å². The van der Waals surface area contributed by atoms with Gasteiger partial charge < -0.3 is 0 Å². The first-order valence-corrected chi connectivity index (χ1v) is 5.78. The van der Waals surface area contributed by atoms with Gasteiger partial charge in [0.15, 0.2) is 4.96 Å². The Bertz CT molecular complexity index is 546. The fourth-order valence-corrected chi connectivity index (χ4v) is 2.36. The van der Waals surface area contributed by atoms with E-state index < -0.39 is 0 Å². The first-order chi connectivity index (χ1) is 7.13. The van der Waals surface area contributed by atoms with E-state index in [1.165, 1.54) is 11.3 Å². The number of nitrogens with zero attached hydrogens (tertiary/aromatic N) is 2. The number of rotatable bonds is 2. The molecule has 1 unspecified atom stereocenters. The molecule has 3 nitrogen and oxygen atoms in total. The summed E-state index contributed by atoms with van der Waals surface area (Å²) in [7, 11) is 2.04. The monoisotopic (exact) mass is 219 g/mol. The Labute approximate surface area is 93.0 Å². The van der Waals surface area contributed by atoms with Crippen LogP contribution in [-0.2, 0) is 0 Å². The Morgan fingerprint density at radius 1 is 1.60 bits per heavy atom. The summed E-state index contributed by atoms with van der Waals surface area (Å²) in [6.45, 7) is 5.94. The Morgan fingerprint density at radius 2 is 2.33 bits per heavy atom. The van der Waals surface area contributed by atoms with Crippen LogP contribution in [0.3, 0.4) is 0 Å². The van der Waals surface area contributed by atoms with Gasteiger partial charge in [0.25, 0.3) is 5.56 Å². The largest absolute Gasteiger partial charge is 0.269 e. The second kappa shape index (κ2) is 3.81. The molecular formula is C10H12BN2OS. The van der Waals surface area contributed by atoms with E-state index >= 15 is 0 Å². The summed E-state index contributed by atoms with van der Waals surface area (Å²) in [5.41, 5.74) is 1.82. The lowest BCUT2D eigenvalue weighted by molar-refractivity contribution is 0.935. The third-order valence-corrected chi connectivity index (χ3v) is 3.51. The molecule has 0 aromatic carbocycles. The fraction of sp³-hybridized carbons (Fsp3) is 0.400. The average Bonchev–Trinajstić information content (AvgIpc) is 2.59. The number of hydrogen-bond acceptors (Lipinski definition) is 3. The first kappa shape index (κ1) is 10.4. The highest BCUT2D eigenvalue weighted by Gasteiger charge is 2.10. The zero-order valence-electron chi connectivity index (χ0n) is 9.02. The second-order valence-corrected chi connectivity index (χ2v) is 4.47. The number of fused-ring (bicyclic) bond motifs is 1. The Kier molecular flexibility index (Phi) is 2.65. The Hall–Kier alpha value is -1.10. The summed E-state index contributed by atoms with van der Waals surface area (Å²) in [5, 5.41) is 1.95. The second-order valence-electron chi connectivity index (χ2n) is 3.64. The van der Waals surface area contributed by atoms with Crippen LogP contribution in [0.4, 0.5) is 0 Å². The van der Waals surface area contributed by atoms with Crippen molar-refractivity contribution in [1.82, 2.24) is 9.38 Å². The van der Waals surface area contributed by atoms with Gasteiger partial charge in [0.2, 0.25) is 0 Å². The third kappa shape index (κ3) is 1.72. The van der Waals surface area contributed by atoms with E-state index in [0.717, 1.165) is 16.3 Å². The van der Waals surface area contributed by atoms with Crippen LogP contribution in [-0.4, -0.2) is 16.7 Å². The Morgan fingerprint density at radius 3 is 3.00 bits per heavy atom. The van der Waals surface area contributed by atoms with Gasteiger partial charge in [0.1, 0.15) is 7.28 Å². The molecule has 0 aliphatic carbocycles. The molecule has 0 amide bonds. The van der Waals surface area contributed by atoms with Gasteiger partial charge >= 0.3 is 0 Å². The highest BCUT2D eigenvalue weighted by atomic mass is 32.1. The lowest BCUT2D eigenvalue weighted by atomic mass is 9.66. The number of aromatic nitrogens is 2.